The minimum Gasteiger partial charge on any atom is -0.497 e. The van der Waals surface area contributed by atoms with E-state index in [4.69, 9.17) is 4.74 Å². The largest absolute Gasteiger partial charge is 0.497 e. The van der Waals surface area contributed by atoms with Crippen molar-refractivity contribution in [3.63, 3.8) is 0 Å². The maximum atomic E-state index is 5.15. The Balaban J connectivity index is 1.72. The highest BCUT2D eigenvalue weighted by Crippen LogP contribution is 2.18. The average Bonchev–Trinajstić information content (AvgIpc) is 2.49. The third-order valence-electron chi connectivity index (χ3n) is 3.57. The number of hydrogen-bond donors (Lipinski definition) is 1. The quantitative estimate of drug-likeness (QED) is 0.839. The van der Waals surface area contributed by atoms with Gasteiger partial charge in [0, 0.05) is 13.1 Å². The molecule has 0 bridgehead atoms. The van der Waals surface area contributed by atoms with Gasteiger partial charge in [0.1, 0.15) is 5.75 Å². The fourth-order valence-electron chi connectivity index (χ4n) is 2.27. The summed E-state index contributed by atoms with van der Waals surface area (Å²) in [5.41, 5.74) is 2.76. The monoisotopic (exact) mass is 257 g/mol. The first-order valence-corrected chi connectivity index (χ1v) is 7.02. The Hall–Kier alpha value is -1.54. The number of nitrogens with one attached hydrogen (secondary N) is 1. The van der Waals surface area contributed by atoms with Crippen LogP contribution in [-0.4, -0.2) is 13.7 Å². The van der Waals surface area contributed by atoms with Crippen LogP contribution in [0.5, 0.6) is 5.75 Å². The first-order valence-electron chi connectivity index (χ1n) is 7.02. The van der Waals surface area contributed by atoms with Gasteiger partial charge in [-0.15, -0.1) is 0 Å². The minimum absolute atomic E-state index is 0.633. The molecule has 102 valence electrons. The molecule has 0 saturated heterocycles. The Morgan fingerprint density at radius 2 is 2.05 bits per heavy atom. The molecule has 1 aliphatic carbocycles. The van der Waals surface area contributed by atoms with Crippen molar-refractivity contribution < 1.29 is 4.74 Å². The van der Waals surface area contributed by atoms with Crippen LogP contribution in [0.15, 0.2) is 48.1 Å². The van der Waals surface area contributed by atoms with Crippen molar-refractivity contribution in [1.82, 2.24) is 5.32 Å². The molecule has 0 radical (unpaired) electrons. The Labute approximate surface area is 116 Å². The van der Waals surface area contributed by atoms with Crippen LogP contribution in [-0.2, 0) is 6.54 Å². The van der Waals surface area contributed by atoms with Crippen LogP contribution in [0, 0.1) is 5.92 Å². The summed E-state index contributed by atoms with van der Waals surface area (Å²) in [7, 11) is 1.70. The Kier molecular flexibility index (Phi) is 5.22. The van der Waals surface area contributed by atoms with Crippen LogP contribution < -0.4 is 10.1 Å². The lowest BCUT2D eigenvalue weighted by Gasteiger charge is -2.16. The molecule has 0 aromatic heterocycles. The lowest BCUT2D eigenvalue weighted by atomic mass is 9.95. The number of rotatable bonds is 6. The van der Waals surface area contributed by atoms with E-state index < -0.39 is 0 Å². The summed E-state index contributed by atoms with van der Waals surface area (Å²) in [4.78, 5) is 0. The molecule has 1 aliphatic rings. The summed E-state index contributed by atoms with van der Waals surface area (Å²) in [6, 6.07) is 8.23. The molecule has 2 nitrogen and oxygen atoms in total. The van der Waals surface area contributed by atoms with Crippen LogP contribution in [0.1, 0.15) is 25.3 Å². The van der Waals surface area contributed by atoms with E-state index in [-0.39, 0.29) is 0 Å². The SMILES string of the molecule is CCC1=CCC(CNCc2ccc(OC)cc2)C=C1. The van der Waals surface area contributed by atoms with Gasteiger partial charge in [0.25, 0.3) is 0 Å². The van der Waals surface area contributed by atoms with Gasteiger partial charge in [-0.2, -0.15) is 0 Å². The van der Waals surface area contributed by atoms with Gasteiger partial charge < -0.3 is 10.1 Å². The molecule has 1 atom stereocenters. The predicted molar refractivity (Wildman–Crippen MR) is 80.3 cm³/mol. The molecule has 0 saturated carbocycles. The van der Waals surface area contributed by atoms with Crippen molar-refractivity contribution in [1.29, 1.82) is 0 Å². The fourth-order valence-corrected chi connectivity index (χ4v) is 2.27. The van der Waals surface area contributed by atoms with Crippen molar-refractivity contribution in [2.75, 3.05) is 13.7 Å². The third-order valence-corrected chi connectivity index (χ3v) is 3.57. The first-order chi connectivity index (χ1) is 9.31. The standard InChI is InChI=1S/C17H23NO/c1-3-14-4-6-15(7-5-14)12-18-13-16-8-10-17(19-2)11-9-16/h4-6,8-11,15,18H,3,7,12-13H2,1-2H3. The summed E-state index contributed by atoms with van der Waals surface area (Å²) in [6.07, 6.45) is 9.26. The number of ether oxygens (including phenoxy) is 1. The van der Waals surface area contributed by atoms with E-state index in [1.165, 1.54) is 11.1 Å². The van der Waals surface area contributed by atoms with E-state index in [1.54, 1.807) is 7.11 Å². The molecule has 2 rings (SSSR count). The molecule has 0 amide bonds. The summed E-state index contributed by atoms with van der Waals surface area (Å²) in [6.45, 7) is 4.16. The zero-order valence-corrected chi connectivity index (χ0v) is 11.9. The van der Waals surface area contributed by atoms with Crippen molar-refractivity contribution >= 4 is 0 Å². The molecule has 1 N–H and O–H groups in total. The van der Waals surface area contributed by atoms with E-state index in [1.807, 2.05) is 12.1 Å². The van der Waals surface area contributed by atoms with Gasteiger partial charge in [0.05, 0.1) is 7.11 Å². The molecule has 1 aromatic carbocycles. The molecule has 1 unspecified atom stereocenters. The maximum absolute atomic E-state index is 5.15. The van der Waals surface area contributed by atoms with E-state index >= 15 is 0 Å². The summed E-state index contributed by atoms with van der Waals surface area (Å²) >= 11 is 0. The lowest BCUT2D eigenvalue weighted by Crippen LogP contribution is -2.21. The van der Waals surface area contributed by atoms with Crippen molar-refractivity contribution in [3.8, 4) is 5.75 Å². The molecule has 0 fully saturated rings. The topological polar surface area (TPSA) is 21.3 Å². The molecule has 0 aliphatic heterocycles. The van der Waals surface area contributed by atoms with Crippen LogP contribution in [0.2, 0.25) is 0 Å². The van der Waals surface area contributed by atoms with Crippen LogP contribution in [0.4, 0.5) is 0 Å². The molecule has 1 aromatic rings. The second kappa shape index (κ2) is 7.15. The van der Waals surface area contributed by atoms with Gasteiger partial charge in [-0.05, 0) is 36.5 Å². The van der Waals surface area contributed by atoms with Crippen LogP contribution in [0.3, 0.4) is 0 Å². The van der Waals surface area contributed by atoms with E-state index in [9.17, 15) is 0 Å². The van der Waals surface area contributed by atoms with Gasteiger partial charge in [-0.3, -0.25) is 0 Å². The van der Waals surface area contributed by atoms with E-state index in [0.717, 1.165) is 31.7 Å². The molecular formula is C17H23NO. The van der Waals surface area contributed by atoms with Crippen LogP contribution >= 0.6 is 0 Å². The van der Waals surface area contributed by atoms with E-state index in [0.29, 0.717) is 5.92 Å². The predicted octanol–water partition coefficient (Wildman–Crippen LogP) is 3.70. The smallest absolute Gasteiger partial charge is 0.118 e. The average molecular weight is 257 g/mol. The van der Waals surface area contributed by atoms with Crippen molar-refractivity contribution in [3.05, 3.63) is 53.6 Å². The number of benzene rings is 1. The van der Waals surface area contributed by atoms with Gasteiger partial charge in [0.2, 0.25) is 0 Å². The normalized spacial score (nSPS) is 18.2. The highest BCUT2D eigenvalue weighted by molar-refractivity contribution is 5.27. The van der Waals surface area contributed by atoms with E-state index in [2.05, 4.69) is 42.6 Å². The fraction of sp³-hybridized carbons (Fsp3) is 0.412. The molecule has 0 spiro atoms. The third kappa shape index (κ3) is 4.25. The van der Waals surface area contributed by atoms with Gasteiger partial charge in [-0.25, -0.2) is 0 Å². The van der Waals surface area contributed by atoms with Gasteiger partial charge >= 0.3 is 0 Å². The number of methoxy groups -OCH3 is 1. The van der Waals surface area contributed by atoms with Gasteiger partial charge in [-0.1, -0.05) is 42.9 Å². The molecule has 19 heavy (non-hydrogen) atoms. The lowest BCUT2D eigenvalue weighted by molar-refractivity contribution is 0.414. The zero-order chi connectivity index (χ0) is 13.5. The van der Waals surface area contributed by atoms with Crippen LogP contribution in [0.25, 0.3) is 0 Å². The Morgan fingerprint density at radius 3 is 2.63 bits per heavy atom. The molecular weight excluding hydrogens is 234 g/mol. The summed E-state index contributed by atoms with van der Waals surface area (Å²) < 4.78 is 5.15. The van der Waals surface area contributed by atoms with Gasteiger partial charge in [0.15, 0.2) is 0 Å². The molecule has 2 heteroatoms. The van der Waals surface area contributed by atoms with Crippen molar-refractivity contribution in [2.24, 2.45) is 5.92 Å². The summed E-state index contributed by atoms with van der Waals surface area (Å²) in [5.74, 6) is 1.55. The van der Waals surface area contributed by atoms with Crippen molar-refractivity contribution in [2.45, 2.75) is 26.3 Å². The Morgan fingerprint density at radius 1 is 1.26 bits per heavy atom. The minimum atomic E-state index is 0.633. The first kappa shape index (κ1) is 13.9. The summed E-state index contributed by atoms with van der Waals surface area (Å²) in [5, 5.41) is 3.52. The maximum Gasteiger partial charge on any atom is 0.118 e. The number of allylic oxidation sites excluding steroid dienone is 3. The second-order valence-electron chi connectivity index (χ2n) is 4.97. The Bertz CT molecular complexity index is 445. The zero-order valence-electron chi connectivity index (χ0n) is 11.9. The highest BCUT2D eigenvalue weighted by atomic mass is 16.5. The number of hydrogen-bond acceptors (Lipinski definition) is 2. The second-order valence-corrected chi connectivity index (χ2v) is 4.97. The molecule has 0 heterocycles. The highest BCUT2D eigenvalue weighted by Gasteiger charge is 2.07.